The lowest BCUT2D eigenvalue weighted by molar-refractivity contribution is 0.351. The van der Waals surface area contributed by atoms with Crippen molar-refractivity contribution in [1.82, 2.24) is 4.90 Å². The zero-order valence-electron chi connectivity index (χ0n) is 31.7. The topological polar surface area (TPSA) is 31.2 Å². The van der Waals surface area contributed by atoms with E-state index in [0.29, 0.717) is 11.8 Å². The Morgan fingerprint density at radius 3 is 2.23 bits per heavy atom. The van der Waals surface area contributed by atoms with E-state index >= 15 is 0 Å². The minimum atomic E-state index is 0.0332. The predicted molar refractivity (Wildman–Crippen MR) is 232 cm³/mol. The minimum absolute atomic E-state index is 0.0332. The SMILES string of the molecule is C1=CC2C3=C(C=CCC3)N(C3=CC(C4=NC(c5ccccc5)=NC(C5=CC=C(c6ccccc6)CC5)C4)=CC(N4c5ccccc5C5C=CC=CC54)C3)C2C=C1. The van der Waals surface area contributed by atoms with E-state index in [1.54, 1.807) is 5.57 Å². The molecule has 0 N–H and O–H groups in total. The number of aliphatic imine (C=N–C) groups is 2. The average Bonchev–Trinajstić information content (AvgIpc) is 3.80. The zero-order chi connectivity index (χ0) is 37.0. The maximum absolute atomic E-state index is 5.49. The molecule has 3 aromatic carbocycles. The highest BCUT2D eigenvalue weighted by Crippen LogP contribution is 2.49. The quantitative estimate of drug-likeness (QED) is 0.253. The lowest BCUT2D eigenvalue weighted by atomic mass is 9.85. The van der Waals surface area contributed by atoms with Crippen LogP contribution >= 0.6 is 0 Å². The standard InChI is InChI=1S/C52H46N4/c1-3-15-35(16-4-1)36-27-29-37(30-28-36)46-34-47(54-52(53-46)38-17-5-2-6-18-38)39-31-40(55-48-23-11-7-19-42(48)43-20-8-12-24-49(43)55)33-41(32-39)56-50-25-13-9-21-44(50)45-22-10-14-26-51(45)56/h1-9,11-21,23-27,29,31-32,40,42,44,46,48,50H,10,22,28,30,33-34H2. The predicted octanol–water partition coefficient (Wildman–Crippen LogP) is 11.2. The molecule has 0 saturated heterocycles. The smallest absolute Gasteiger partial charge is 0.155 e. The molecule has 0 spiro atoms. The Labute approximate surface area is 330 Å². The molecule has 0 aromatic heterocycles. The summed E-state index contributed by atoms with van der Waals surface area (Å²) in [6.45, 7) is 0. The maximum atomic E-state index is 5.49. The van der Waals surface area contributed by atoms with Gasteiger partial charge in [-0.25, -0.2) is 4.99 Å². The summed E-state index contributed by atoms with van der Waals surface area (Å²) in [4.78, 5) is 16.3. The molecule has 3 aliphatic heterocycles. The molecule has 0 radical (unpaired) electrons. The molecule has 274 valence electrons. The number of amidine groups is 1. The number of anilines is 1. The van der Waals surface area contributed by atoms with Crippen LogP contribution in [-0.2, 0) is 0 Å². The largest absolute Gasteiger partial charge is 0.357 e. The highest BCUT2D eigenvalue weighted by Gasteiger charge is 2.44. The van der Waals surface area contributed by atoms with Crippen molar-refractivity contribution in [2.75, 3.05) is 4.90 Å². The van der Waals surface area contributed by atoms with E-state index in [-0.39, 0.29) is 24.2 Å². The first-order valence-electron chi connectivity index (χ1n) is 20.6. The third-order valence-electron chi connectivity index (χ3n) is 13.1. The number of allylic oxidation sites excluding steroid dienone is 11. The Morgan fingerprint density at radius 2 is 1.41 bits per heavy atom. The van der Waals surface area contributed by atoms with Crippen LogP contribution in [0.4, 0.5) is 5.69 Å². The summed E-state index contributed by atoms with van der Waals surface area (Å²) in [5, 5.41) is 0. The first-order chi connectivity index (χ1) is 27.8. The highest BCUT2D eigenvalue weighted by molar-refractivity contribution is 6.15. The molecular formula is C52H46N4. The van der Waals surface area contributed by atoms with Gasteiger partial charge in [-0.3, -0.25) is 4.99 Å². The first kappa shape index (κ1) is 33.3. The molecule has 3 aromatic rings. The second kappa shape index (κ2) is 13.9. The van der Waals surface area contributed by atoms with Crippen molar-refractivity contribution in [3.05, 3.63) is 215 Å². The van der Waals surface area contributed by atoms with Crippen molar-refractivity contribution < 1.29 is 0 Å². The average molecular weight is 727 g/mol. The molecule has 5 aliphatic carbocycles. The molecule has 0 bridgehead atoms. The minimum Gasteiger partial charge on any atom is -0.357 e. The van der Waals surface area contributed by atoms with Crippen molar-refractivity contribution in [2.45, 2.75) is 68.6 Å². The molecule has 8 aliphatic rings. The van der Waals surface area contributed by atoms with Crippen LogP contribution in [-0.4, -0.2) is 40.6 Å². The normalized spacial score (nSPS) is 28.4. The summed E-state index contributed by atoms with van der Waals surface area (Å²) in [7, 11) is 0. The molecule has 4 heteroatoms. The van der Waals surface area contributed by atoms with E-state index in [0.717, 1.165) is 55.6 Å². The third-order valence-corrected chi connectivity index (χ3v) is 13.1. The van der Waals surface area contributed by atoms with Crippen molar-refractivity contribution in [3.8, 4) is 0 Å². The molecule has 0 amide bonds. The van der Waals surface area contributed by atoms with E-state index in [4.69, 9.17) is 9.98 Å². The summed E-state index contributed by atoms with van der Waals surface area (Å²) in [5.41, 5.74) is 14.7. The van der Waals surface area contributed by atoms with Gasteiger partial charge in [0.25, 0.3) is 0 Å². The second-order valence-corrected chi connectivity index (χ2v) is 16.2. The van der Waals surface area contributed by atoms with Gasteiger partial charge in [0.1, 0.15) is 0 Å². The number of fused-ring (bicyclic) bond motifs is 5. The van der Waals surface area contributed by atoms with Crippen LogP contribution in [0.2, 0.25) is 0 Å². The number of nitrogens with zero attached hydrogens (tertiary/aromatic N) is 4. The monoisotopic (exact) mass is 726 g/mol. The molecule has 0 saturated carbocycles. The van der Waals surface area contributed by atoms with Gasteiger partial charge in [-0.1, -0.05) is 152 Å². The van der Waals surface area contributed by atoms with Gasteiger partial charge < -0.3 is 9.80 Å². The van der Waals surface area contributed by atoms with Crippen LogP contribution in [0.15, 0.2) is 208 Å². The fourth-order valence-electron chi connectivity index (χ4n) is 10.4. The Hall–Kier alpha value is -6.00. The van der Waals surface area contributed by atoms with E-state index in [9.17, 15) is 0 Å². The molecule has 6 unspecified atom stereocenters. The Morgan fingerprint density at radius 1 is 0.661 bits per heavy atom. The Bertz CT molecular complexity index is 2460. The Kier molecular flexibility index (Phi) is 8.30. The van der Waals surface area contributed by atoms with Gasteiger partial charge in [0.05, 0.1) is 29.9 Å². The van der Waals surface area contributed by atoms with Gasteiger partial charge in [0.2, 0.25) is 0 Å². The van der Waals surface area contributed by atoms with Gasteiger partial charge in [-0.15, -0.1) is 0 Å². The Balaban J connectivity index is 1.03. The summed E-state index contributed by atoms with van der Waals surface area (Å²) in [6.07, 6.45) is 39.2. The number of benzene rings is 3. The lowest BCUT2D eigenvalue weighted by Crippen LogP contribution is -2.44. The van der Waals surface area contributed by atoms with Crippen LogP contribution in [0.3, 0.4) is 0 Å². The molecule has 3 heterocycles. The number of para-hydroxylation sites is 1. The number of hydrogen-bond acceptors (Lipinski definition) is 4. The number of rotatable bonds is 6. The van der Waals surface area contributed by atoms with Gasteiger partial charge in [-0.05, 0) is 77.3 Å². The van der Waals surface area contributed by atoms with Crippen LogP contribution in [0.5, 0.6) is 0 Å². The summed E-state index contributed by atoms with van der Waals surface area (Å²) < 4.78 is 0. The van der Waals surface area contributed by atoms with Gasteiger partial charge in [0, 0.05) is 47.3 Å². The van der Waals surface area contributed by atoms with Crippen LogP contribution in [0, 0.1) is 5.92 Å². The molecular weight excluding hydrogens is 681 g/mol. The van der Waals surface area contributed by atoms with Crippen molar-refractivity contribution in [2.24, 2.45) is 15.9 Å². The van der Waals surface area contributed by atoms with Gasteiger partial charge >= 0.3 is 0 Å². The number of hydrogen-bond donors (Lipinski definition) is 0. The fraction of sp³-hybridized carbons (Fsp3) is 0.231. The molecule has 0 fully saturated rings. The third kappa shape index (κ3) is 5.73. The lowest BCUT2D eigenvalue weighted by Gasteiger charge is -2.41. The van der Waals surface area contributed by atoms with Crippen molar-refractivity contribution >= 4 is 22.8 Å². The summed E-state index contributed by atoms with van der Waals surface area (Å²) in [5.74, 6) is 1.60. The zero-order valence-corrected chi connectivity index (χ0v) is 31.7. The van der Waals surface area contributed by atoms with Crippen molar-refractivity contribution in [1.29, 1.82) is 0 Å². The van der Waals surface area contributed by atoms with Crippen LogP contribution < -0.4 is 4.90 Å². The molecule has 56 heavy (non-hydrogen) atoms. The first-order valence-corrected chi connectivity index (χ1v) is 20.6. The fourth-order valence-corrected chi connectivity index (χ4v) is 10.4. The van der Waals surface area contributed by atoms with E-state index in [2.05, 4.69) is 180 Å². The summed E-state index contributed by atoms with van der Waals surface area (Å²) in [6, 6.07) is 31.3. The summed E-state index contributed by atoms with van der Waals surface area (Å²) >= 11 is 0. The van der Waals surface area contributed by atoms with Crippen LogP contribution in [0.25, 0.3) is 5.57 Å². The second-order valence-electron chi connectivity index (χ2n) is 16.2. The van der Waals surface area contributed by atoms with E-state index in [1.807, 2.05) is 0 Å². The van der Waals surface area contributed by atoms with Gasteiger partial charge in [0.15, 0.2) is 5.84 Å². The van der Waals surface area contributed by atoms with Crippen LogP contribution in [0.1, 0.15) is 61.1 Å². The van der Waals surface area contributed by atoms with Gasteiger partial charge in [-0.2, -0.15) is 0 Å². The van der Waals surface area contributed by atoms with E-state index in [1.165, 1.54) is 44.9 Å². The molecule has 11 rings (SSSR count). The van der Waals surface area contributed by atoms with Crippen molar-refractivity contribution in [3.63, 3.8) is 0 Å². The molecule has 6 atom stereocenters. The maximum Gasteiger partial charge on any atom is 0.155 e. The highest BCUT2D eigenvalue weighted by atomic mass is 15.2. The molecule has 4 nitrogen and oxygen atoms in total. The van der Waals surface area contributed by atoms with E-state index < -0.39 is 0 Å².